The molecule has 1 atom stereocenters. The number of nitrogens with one attached hydrogen (secondary N) is 1. The van der Waals surface area contributed by atoms with Crippen LogP contribution in [0.5, 0.6) is 0 Å². The third-order valence-electron chi connectivity index (χ3n) is 2.26. The van der Waals surface area contributed by atoms with E-state index in [0.29, 0.717) is 0 Å². The molecule has 1 aromatic carbocycles. The van der Waals surface area contributed by atoms with E-state index in [4.69, 9.17) is 5.90 Å². The van der Waals surface area contributed by atoms with Crippen LogP contribution in [-0.4, -0.2) is 18.6 Å². The summed E-state index contributed by atoms with van der Waals surface area (Å²) in [6, 6.07) is 3.95. The lowest BCUT2D eigenvalue weighted by molar-refractivity contribution is -0.137. The molecule has 7 heteroatoms. The smallest absolute Gasteiger partial charge is 0.349 e. The van der Waals surface area contributed by atoms with Crippen LogP contribution in [0.1, 0.15) is 22.8 Å². The zero-order chi connectivity index (χ0) is 13.8. The van der Waals surface area contributed by atoms with E-state index in [9.17, 15) is 18.0 Å². The van der Waals surface area contributed by atoms with Gasteiger partial charge in [0.1, 0.15) is 0 Å². The summed E-state index contributed by atoms with van der Waals surface area (Å²) in [6.07, 6.45) is -4.78. The summed E-state index contributed by atoms with van der Waals surface area (Å²) in [5.41, 5.74) is -0.648. The Bertz CT molecular complexity index is 404. The number of carbonyl (C=O) groups excluding carboxylic acids is 1. The minimum Gasteiger partial charge on any atom is -0.349 e. The maximum Gasteiger partial charge on any atom is 0.416 e. The van der Waals surface area contributed by atoms with Gasteiger partial charge in [-0.3, -0.25) is 9.63 Å². The topological polar surface area (TPSA) is 64.3 Å². The second-order valence-corrected chi connectivity index (χ2v) is 3.73. The van der Waals surface area contributed by atoms with Crippen molar-refractivity contribution >= 4 is 5.91 Å². The van der Waals surface area contributed by atoms with Gasteiger partial charge in [0.15, 0.2) is 0 Å². The molecular weight excluding hydrogens is 249 g/mol. The second kappa shape index (κ2) is 5.83. The Kier molecular flexibility index (Phi) is 4.69. The molecule has 3 N–H and O–H groups in total. The third kappa shape index (κ3) is 4.01. The summed E-state index contributed by atoms with van der Waals surface area (Å²) in [6.45, 7) is 1.82. The molecule has 0 radical (unpaired) electrons. The fourth-order valence-corrected chi connectivity index (χ4v) is 1.20. The zero-order valence-corrected chi connectivity index (χ0v) is 9.62. The van der Waals surface area contributed by atoms with Gasteiger partial charge in [0.05, 0.1) is 11.7 Å². The number of hydrogen-bond acceptors (Lipinski definition) is 3. The third-order valence-corrected chi connectivity index (χ3v) is 2.26. The minimum absolute atomic E-state index is 0.146. The summed E-state index contributed by atoms with van der Waals surface area (Å²) < 4.78 is 36.9. The molecule has 0 bridgehead atoms. The number of carbonyl (C=O) groups is 1. The lowest BCUT2D eigenvalue weighted by atomic mass is 10.1. The predicted octanol–water partition coefficient (Wildman–Crippen LogP) is 1.71. The molecule has 0 spiro atoms. The number of nitrogens with two attached hydrogens (primary N) is 1. The fraction of sp³-hybridized carbons (Fsp3) is 0.364. The quantitative estimate of drug-likeness (QED) is 0.812. The highest BCUT2D eigenvalue weighted by Gasteiger charge is 2.30. The number of amides is 1. The molecule has 1 rings (SSSR count). The second-order valence-electron chi connectivity index (χ2n) is 3.73. The van der Waals surface area contributed by atoms with Crippen LogP contribution in [0.4, 0.5) is 13.2 Å². The molecule has 18 heavy (non-hydrogen) atoms. The molecule has 0 aliphatic rings. The Hall–Kier alpha value is -1.60. The Balaban J connectivity index is 2.65. The molecule has 4 nitrogen and oxygen atoms in total. The normalized spacial score (nSPS) is 13.2. The summed E-state index contributed by atoms with van der Waals surface area (Å²) in [5, 5.41) is 2.48. The lowest BCUT2D eigenvalue weighted by Crippen LogP contribution is -2.33. The predicted molar refractivity (Wildman–Crippen MR) is 58.5 cm³/mol. The van der Waals surface area contributed by atoms with E-state index in [1.165, 1.54) is 0 Å². The van der Waals surface area contributed by atoms with Gasteiger partial charge >= 0.3 is 6.18 Å². The number of benzene rings is 1. The molecule has 0 fully saturated rings. The van der Waals surface area contributed by atoms with E-state index < -0.39 is 17.6 Å². The van der Waals surface area contributed by atoms with E-state index in [1.54, 1.807) is 6.92 Å². The summed E-state index contributed by atoms with van der Waals surface area (Å²) in [7, 11) is 0. The van der Waals surface area contributed by atoms with Crippen LogP contribution >= 0.6 is 0 Å². The molecule has 1 amide bonds. The van der Waals surface area contributed by atoms with Crippen LogP contribution in [0.25, 0.3) is 0 Å². The zero-order valence-electron chi connectivity index (χ0n) is 9.62. The van der Waals surface area contributed by atoms with Gasteiger partial charge in [-0.05, 0) is 31.2 Å². The number of rotatable bonds is 4. The summed E-state index contributed by atoms with van der Waals surface area (Å²) in [4.78, 5) is 16.0. The lowest BCUT2D eigenvalue weighted by Gasteiger charge is -2.11. The molecule has 0 aromatic heterocycles. The highest BCUT2D eigenvalue weighted by molar-refractivity contribution is 5.94. The molecule has 100 valence electrons. The number of alkyl halides is 3. The minimum atomic E-state index is -4.41. The Morgan fingerprint density at radius 2 is 1.94 bits per heavy atom. The molecule has 0 aliphatic carbocycles. The van der Waals surface area contributed by atoms with E-state index in [-0.39, 0.29) is 18.2 Å². The van der Waals surface area contributed by atoms with Gasteiger partial charge in [-0.2, -0.15) is 13.2 Å². The first-order valence-corrected chi connectivity index (χ1v) is 5.15. The van der Waals surface area contributed by atoms with Gasteiger partial charge in [-0.1, -0.05) is 0 Å². The van der Waals surface area contributed by atoms with E-state index in [0.717, 1.165) is 24.3 Å². The Morgan fingerprint density at radius 3 is 2.39 bits per heavy atom. The molecule has 0 saturated carbocycles. The Labute approximate surface area is 102 Å². The van der Waals surface area contributed by atoms with Crippen molar-refractivity contribution in [3.05, 3.63) is 35.4 Å². The van der Waals surface area contributed by atoms with Gasteiger partial charge in [0.2, 0.25) is 0 Å². The van der Waals surface area contributed by atoms with Gasteiger partial charge in [-0.25, -0.2) is 5.90 Å². The largest absolute Gasteiger partial charge is 0.416 e. The molecule has 1 unspecified atom stereocenters. The van der Waals surface area contributed by atoms with Crippen LogP contribution in [0.3, 0.4) is 0 Å². The van der Waals surface area contributed by atoms with Crippen LogP contribution in [-0.2, 0) is 11.0 Å². The first kappa shape index (κ1) is 14.5. The number of hydrogen-bond donors (Lipinski definition) is 2. The van der Waals surface area contributed by atoms with Crippen molar-refractivity contribution in [2.45, 2.75) is 19.2 Å². The van der Waals surface area contributed by atoms with Crippen molar-refractivity contribution in [1.29, 1.82) is 0 Å². The summed E-state index contributed by atoms with van der Waals surface area (Å²) >= 11 is 0. The van der Waals surface area contributed by atoms with Crippen molar-refractivity contribution in [1.82, 2.24) is 5.32 Å². The van der Waals surface area contributed by atoms with Crippen molar-refractivity contribution in [3.63, 3.8) is 0 Å². The first-order valence-electron chi connectivity index (χ1n) is 5.15. The highest BCUT2D eigenvalue weighted by Crippen LogP contribution is 2.28. The highest BCUT2D eigenvalue weighted by atomic mass is 19.4. The van der Waals surface area contributed by atoms with Gasteiger partial charge in [0.25, 0.3) is 5.91 Å². The number of halogens is 3. The van der Waals surface area contributed by atoms with Crippen LogP contribution in [0.2, 0.25) is 0 Å². The maximum absolute atomic E-state index is 12.3. The molecule has 0 aliphatic heterocycles. The molecule has 0 heterocycles. The van der Waals surface area contributed by atoms with Gasteiger partial charge < -0.3 is 5.32 Å². The molecule has 1 aromatic rings. The molecule has 0 saturated heterocycles. The van der Waals surface area contributed by atoms with Crippen LogP contribution in [0.15, 0.2) is 24.3 Å². The van der Waals surface area contributed by atoms with Crippen molar-refractivity contribution in [2.75, 3.05) is 6.54 Å². The van der Waals surface area contributed by atoms with Gasteiger partial charge in [0, 0.05) is 12.1 Å². The molecular formula is C11H13F3N2O2. The first-order chi connectivity index (χ1) is 8.34. The van der Waals surface area contributed by atoms with Crippen molar-refractivity contribution in [2.24, 2.45) is 5.90 Å². The average molecular weight is 262 g/mol. The fourth-order valence-electron chi connectivity index (χ4n) is 1.20. The van der Waals surface area contributed by atoms with Gasteiger partial charge in [-0.15, -0.1) is 0 Å². The van der Waals surface area contributed by atoms with Crippen molar-refractivity contribution < 1.29 is 22.8 Å². The van der Waals surface area contributed by atoms with E-state index in [2.05, 4.69) is 10.2 Å². The van der Waals surface area contributed by atoms with Crippen LogP contribution < -0.4 is 11.2 Å². The monoisotopic (exact) mass is 262 g/mol. The SMILES string of the molecule is CC(CNC(=O)c1ccc(C(F)(F)F)cc1)ON. The average Bonchev–Trinajstić information content (AvgIpc) is 2.34. The Morgan fingerprint density at radius 1 is 1.39 bits per heavy atom. The van der Waals surface area contributed by atoms with E-state index in [1.807, 2.05) is 0 Å². The summed E-state index contributed by atoms with van der Waals surface area (Å²) in [5.74, 6) is 4.41. The standard InChI is InChI=1S/C11H13F3N2O2/c1-7(18-15)6-16-10(17)8-2-4-9(5-3-8)11(12,13)14/h2-5,7H,6,15H2,1H3,(H,16,17). The van der Waals surface area contributed by atoms with Crippen LogP contribution in [0, 0.1) is 0 Å². The maximum atomic E-state index is 12.3. The van der Waals surface area contributed by atoms with E-state index >= 15 is 0 Å². The van der Waals surface area contributed by atoms with Crippen molar-refractivity contribution in [3.8, 4) is 0 Å².